The van der Waals surface area contributed by atoms with Gasteiger partial charge in [-0.3, -0.25) is 9.69 Å². The topological polar surface area (TPSA) is 62.1 Å². The van der Waals surface area contributed by atoms with Gasteiger partial charge in [-0.1, -0.05) is 29.8 Å². The maximum Gasteiger partial charge on any atom is 0.266 e. The lowest BCUT2D eigenvalue weighted by atomic mass is 10.2. The number of phenols is 1. The van der Waals surface area contributed by atoms with Gasteiger partial charge >= 0.3 is 0 Å². The third kappa shape index (κ3) is 4.28. The van der Waals surface area contributed by atoms with E-state index in [1.165, 1.54) is 11.8 Å². The van der Waals surface area contributed by atoms with Gasteiger partial charge in [0.05, 0.1) is 22.2 Å². The Balaban J connectivity index is 1.94. The average Bonchev–Trinajstić information content (AvgIpc) is 2.94. The lowest BCUT2D eigenvalue weighted by Gasteiger charge is -2.12. The van der Waals surface area contributed by atoms with Crippen LogP contribution in [0.5, 0.6) is 11.5 Å². The number of amides is 1. The lowest BCUT2D eigenvalue weighted by Crippen LogP contribution is -2.28. The van der Waals surface area contributed by atoms with Crippen molar-refractivity contribution in [3.63, 3.8) is 0 Å². The molecule has 0 spiro atoms. The molecular formula is C20H19ClN2O3S. The van der Waals surface area contributed by atoms with Crippen LogP contribution in [-0.2, 0) is 4.79 Å². The number of rotatable bonds is 5. The number of thioether (sulfide) groups is 1. The number of hydrogen-bond acceptors (Lipinski definition) is 5. The number of likely N-dealkylation sites (N-methyl/N-ethyl adjacent to an activating group) is 1. The van der Waals surface area contributed by atoms with E-state index in [0.29, 0.717) is 39.7 Å². The number of benzene rings is 2. The maximum atomic E-state index is 12.7. The van der Waals surface area contributed by atoms with E-state index in [4.69, 9.17) is 16.3 Å². The van der Waals surface area contributed by atoms with E-state index >= 15 is 0 Å². The molecule has 1 fully saturated rings. The van der Waals surface area contributed by atoms with E-state index in [0.717, 1.165) is 5.56 Å². The van der Waals surface area contributed by atoms with E-state index < -0.39 is 0 Å². The van der Waals surface area contributed by atoms with Crippen LogP contribution in [0.2, 0.25) is 5.02 Å². The van der Waals surface area contributed by atoms with Crippen molar-refractivity contribution in [2.45, 2.75) is 13.8 Å². The SMILES string of the molecule is CCOc1cc(/C=C2/SC(=Nc3ccccc3Cl)N(CC)C2=O)ccc1O. The Kier molecular flexibility index (Phi) is 6.08. The molecule has 3 rings (SSSR count). The van der Waals surface area contributed by atoms with Crippen molar-refractivity contribution in [2.24, 2.45) is 4.99 Å². The van der Waals surface area contributed by atoms with Crippen molar-refractivity contribution < 1.29 is 14.6 Å². The fourth-order valence-electron chi connectivity index (χ4n) is 2.56. The molecule has 1 aliphatic rings. The molecule has 1 N–H and O–H groups in total. The average molecular weight is 403 g/mol. The highest BCUT2D eigenvalue weighted by atomic mass is 35.5. The summed E-state index contributed by atoms with van der Waals surface area (Å²) in [6, 6.07) is 12.3. The minimum absolute atomic E-state index is 0.0700. The van der Waals surface area contributed by atoms with Crippen LogP contribution in [0.3, 0.4) is 0 Å². The van der Waals surface area contributed by atoms with Crippen LogP contribution in [0.4, 0.5) is 5.69 Å². The molecule has 7 heteroatoms. The van der Waals surface area contributed by atoms with Crippen molar-refractivity contribution >= 4 is 46.2 Å². The molecule has 1 amide bonds. The number of aromatic hydroxyl groups is 1. The van der Waals surface area contributed by atoms with Gasteiger partial charge in [-0.05, 0) is 61.5 Å². The molecule has 0 aromatic heterocycles. The van der Waals surface area contributed by atoms with Crippen LogP contribution in [0.15, 0.2) is 52.4 Å². The van der Waals surface area contributed by atoms with Gasteiger partial charge in [0.2, 0.25) is 0 Å². The Morgan fingerprint density at radius 3 is 2.74 bits per heavy atom. The molecule has 140 valence electrons. The van der Waals surface area contributed by atoms with Gasteiger partial charge in [0.1, 0.15) is 0 Å². The summed E-state index contributed by atoms with van der Waals surface area (Å²) in [6.07, 6.45) is 1.77. The first-order valence-corrected chi connectivity index (χ1v) is 9.73. The fourth-order valence-corrected chi connectivity index (χ4v) is 3.79. The number of aliphatic imine (C=N–C) groups is 1. The molecule has 1 heterocycles. The predicted molar refractivity (Wildman–Crippen MR) is 111 cm³/mol. The normalized spacial score (nSPS) is 17.1. The van der Waals surface area contributed by atoms with Gasteiger partial charge in [-0.2, -0.15) is 0 Å². The zero-order valence-corrected chi connectivity index (χ0v) is 16.5. The number of nitrogens with zero attached hydrogens (tertiary/aromatic N) is 2. The summed E-state index contributed by atoms with van der Waals surface area (Å²) in [7, 11) is 0. The number of carbonyl (C=O) groups excluding carboxylic acids is 1. The predicted octanol–water partition coefficient (Wildman–Crippen LogP) is 5.07. The van der Waals surface area contributed by atoms with E-state index in [9.17, 15) is 9.90 Å². The summed E-state index contributed by atoms with van der Waals surface area (Å²) in [5.74, 6) is 0.347. The zero-order chi connectivity index (χ0) is 19.4. The third-order valence-electron chi connectivity index (χ3n) is 3.85. The molecular weight excluding hydrogens is 384 g/mol. The second-order valence-corrected chi connectivity index (χ2v) is 7.08. The van der Waals surface area contributed by atoms with Crippen LogP contribution in [-0.4, -0.2) is 34.2 Å². The number of ether oxygens (including phenoxy) is 1. The van der Waals surface area contributed by atoms with Crippen LogP contribution < -0.4 is 4.74 Å². The molecule has 0 unspecified atom stereocenters. The van der Waals surface area contributed by atoms with Gasteiger partial charge in [-0.25, -0.2) is 4.99 Å². The summed E-state index contributed by atoms with van der Waals surface area (Å²) in [5, 5.41) is 11.0. The van der Waals surface area contributed by atoms with Crippen molar-refractivity contribution in [1.29, 1.82) is 0 Å². The van der Waals surface area contributed by atoms with Crippen molar-refractivity contribution in [3.05, 3.63) is 58.0 Å². The van der Waals surface area contributed by atoms with Crippen molar-refractivity contribution in [2.75, 3.05) is 13.2 Å². The molecule has 0 aliphatic carbocycles. The van der Waals surface area contributed by atoms with E-state index in [1.54, 1.807) is 35.2 Å². The van der Waals surface area contributed by atoms with Gasteiger partial charge < -0.3 is 9.84 Å². The van der Waals surface area contributed by atoms with Crippen LogP contribution >= 0.6 is 23.4 Å². The second-order valence-electron chi connectivity index (χ2n) is 5.67. The first-order chi connectivity index (χ1) is 13.0. The molecule has 0 bridgehead atoms. The fraction of sp³-hybridized carbons (Fsp3) is 0.200. The van der Waals surface area contributed by atoms with Crippen LogP contribution in [0, 0.1) is 0 Å². The third-order valence-corrected chi connectivity index (χ3v) is 5.18. The summed E-state index contributed by atoms with van der Waals surface area (Å²) in [6.45, 7) is 4.69. The Morgan fingerprint density at radius 2 is 2.04 bits per heavy atom. The van der Waals surface area contributed by atoms with E-state index in [1.807, 2.05) is 32.0 Å². The Morgan fingerprint density at radius 1 is 1.26 bits per heavy atom. The number of halogens is 1. The standard InChI is InChI=1S/C20H19ClN2O3S/c1-3-23-19(25)18(12-13-9-10-16(24)17(11-13)26-4-2)27-20(23)22-15-8-6-5-7-14(15)21/h5-12,24H,3-4H2,1-2H3/b18-12+,22-20?. The highest BCUT2D eigenvalue weighted by Gasteiger charge is 2.32. The lowest BCUT2D eigenvalue weighted by molar-refractivity contribution is -0.122. The number of hydrogen-bond donors (Lipinski definition) is 1. The quantitative estimate of drug-likeness (QED) is 0.709. The summed E-state index contributed by atoms with van der Waals surface area (Å²) in [4.78, 5) is 19.5. The molecule has 2 aromatic rings. The van der Waals surface area contributed by atoms with Crippen LogP contribution in [0.25, 0.3) is 6.08 Å². The summed E-state index contributed by atoms with van der Waals surface area (Å²) < 4.78 is 5.40. The molecule has 0 atom stereocenters. The van der Waals surface area contributed by atoms with Crippen molar-refractivity contribution in [1.82, 2.24) is 4.90 Å². The number of phenolic OH excluding ortho intramolecular Hbond substituents is 1. The molecule has 0 saturated carbocycles. The smallest absolute Gasteiger partial charge is 0.266 e. The minimum Gasteiger partial charge on any atom is -0.504 e. The van der Waals surface area contributed by atoms with Gasteiger partial charge in [0.15, 0.2) is 16.7 Å². The largest absolute Gasteiger partial charge is 0.504 e. The number of carbonyl (C=O) groups is 1. The second kappa shape index (κ2) is 8.50. The molecule has 27 heavy (non-hydrogen) atoms. The minimum atomic E-state index is -0.112. The van der Waals surface area contributed by atoms with Gasteiger partial charge in [0.25, 0.3) is 5.91 Å². The monoisotopic (exact) mass is 402 g/mol. The van der Waals surface area contributed by atoms with Crippen molar-refractivity contribution in [3.8, 4) is 11.5 Å². The van der Waals surface area contributed by atoms with Gasteiger partial charge in [-0.15, -0.1) is 0 Å². The molecule has 0 radical (unpaired) electrons. The highest BCUT2D eigenvalue weighted by molar-refractivity contribution is 8.18. The summed E-state index contributed by atoms with van der Waals surface area (Å²) in [5.41, 5.74) is 1.39. The highest BCUT2D eigenvalue weighted by Crippen LogP contribution is 2.36. The van der Waals surface area contributed by atoms with E-state index in [2.05, 4.69) is 4.99 Å². The van der Waals surface area contributed by atoms with Crippen LogP contribution in [0.1, 0.15) is 19.4 Å². The molecule has 1 saturated heterocycles. The Labute approximate surface area is 167 Å². The van der Waals surface area contributed by atoms with Gasteiger partial charge in [0, 0.05) is 6.54 Å². The first-order valence-electron chi connectivity index (χ1n) is 8.54. The molecule has 1 aliphatic heterocycles. The molecule has 5 nitrogen and oxygen atoms in total. The zero-order valence-electron chi connectivity index (χ0n) is 15.0. The maximum absolute atomic E-state index is 12.7. The Hall–Kier alpha value is -2.44. The molecule has 2 aromatic carbocycles. The Bertz CT molecular complexity index is 927. The summed E-state index contributed by atoms with van der Waals surface area (Å²) >= 11 is 7.48. The van der Waals surface area contributed by atoms with E-state index in [-0.39, 0.29) is 11.7 Å². The number of para-hydroxylation sites is 1. The first kappa shape index (κ1) is 19.3. The number of amidine groups is 1.